The van der Waals surface area contributed by atoms with Crippen LogP contribution < -0.4 is 0 Å². The zero-order valence-electron chi connectivity index (χ0n) is 68.8. The summed E-state index contributed by atoms with van der Waals surface area (Å²) in [6.07, 6.45) is 8.73. The molecule has 20 rings (SSSR count). The smallest absolute Gasteiger partial charge is 0.000718 e. The Morgan fingerprint density at radius 1 is 0.125 bits per heavy atom. The molecule has 12 aromatic carbocycles. The first-order chi connectivity index (χ1) is 51.6. The molecule has 8 aliphatic carbocycles. The van der Waals surface area contributed by atoms with E-state index in [0.29, 0.717) is 0 Å². The van der Waals surface area contributed by atoms with E-state index in [1.807, 2.05) is 166 Å². The molecule has 0 aromatic heterocycles. The van der Waals surface area contributed by atoms with Crippen molar-refractivity contribution in [2.75, 3.05) is 0 Å². The fourth-order valence-corrected chi connectivity index (χ4v) is 15.4. The third-order valence-corrected chi connectivity index (χ3v) is 19.0. The summed E-state index contributed by atoms with van der Waals surface area (Å²) in [5.74, 6) is 0. The summed E-state index contributed by atoms with van der Waals surface area (Å²) >= 11 is 0. The summed E-state index contributed by atoms with van der Waals surface area (Å²) in [5.41, 5.74) is 47.1. The Bertz CT molecular complexity index is 4280. The van der Waals surface area contributed by atoms with E-state index in [9.17, 15) is 0 Å². The van der Waals surface area contributed by atoms with Gasteiger partial charge in [0.15, 0.2) is 0 Å². The van der Waals surface area contributed by atoms with Crippen molar-refractivity contribution in [3.8, 4) is 89.0 Å². The summed E-state index contributed by atoms with van der Waals surface area (Å²) in [6.45, 7) is 48.0. The molecule has 0 N–H and O–H groups in total. The molecule has 8 aliphatic rings. The fourth-order valence-electron chi connectivity index (χ4n) is 15.4. The van der Waals surface area contributed by atoms with Gasteiger partial charge in [-0.3, -0.25) is 0 Å². The number of benzene rings is 12. The van der Waals surface area contributed by atoms with Crippen LogP contribution in [0.1, 0.15) is 255 Å². The van der Waals surface area contributed by atoms with Crippen molar-refractivity contribution < 1.29 is 0 Å². The first kappa shape index (κ1) is 85.3. The van der Waals surface area contributed by atoms with E-state index in [-0.39, 0.29) is 0 Å². The van der Waals surface area contributed by atoms with Crippen molar-refractivity contribution in [1.82, 2.24) is 0 Å². The summed E-state index contributed by atoms with van der Waals surface area (Å²) < 4.78 is 0. The minimum absolute atomic E-state index is 1.08. The van der Waals surface area contributed by atoms with Gasteiger partial charge in [-0.1, -0.05) is 397 Å². The molecule has 0 bridgehead atoms. The molecule has 0 atom stereocenters. The lowest BCUT2D eigenvalue weighted by atomic mass is 9.95. The average molecular weight is 1380 g/mol. The molecule has 0 heterocycles. The highest BCUT2D eigenvalue weighted by Crippen LogP contribution is 2.51. The lowest BCUT2D eigenvalue weighted by molar-refractivity contribution is 1.16. The Hall–Kier alpha value is -9.36. The van der Waals surface area contributed by atoms with Gasteiger partial charge in [0.2, 0.25) is 0 Å². The quantitative estimate of drug-likeness (QED) is 0.142. The van der Waals surface area contributed by atoms with Gasteiger partial charge in [0, 0.05) is 0 Å². The van der Waals surface area contributed by atoms with Crippen molar-refractivity contribution in [3.63, 3.8) is 0 Å². The molecule has 0 fully saturated rings. The molecule has 104 heavy (non-hydrogen) atoms. The maximum Gasteiger partial charge on any atom is -0.000718 e. The average Bonchev–Trinajstić information content (AvgIpc) is 1.56. The van der Waals surface area contributed by atoms with E-state index in [4.69, 9.17) is 0 Å². The van der Waals surface area contributed by atoms with Crippen LogP contribution in [0.2, 0.25) is 0 Å². The van der Waals surface area contributed by atoms with E-state index in [0.717, 1.165) is 51.4 Å². The van der Waals surface area contributed by atoms with Crippen molar-refractivity contribution >= 4 is 0 Å². The summed E-state index contributed by atoms with van der Waals surface area (Å²) in [5, 5.41) is 0. The second-order valence-electron chi connectivity index (χ2n) is 23.2. The van der Waals surface area contributed by atoms with Crippen LogP contribution in [0.5, 0.6) is 0 Å². The zero-order chi connectivity index (χ0) is 76.4. The highest BCUT2D eigenvalue weighted by Gasteiger charge is 2.31. The van der Waals surface area contributed by atoms with Crippen molar-refractivity contribution in [2.24, 2.45) is 0 Å². The minimum atomic E-state index is 1.08. The van der Waals surface area contributed by atoms with E-state index >= 15 is 0 Å². The molecule has 544 valence electrons. The Morgan fingerprint density at radius 3 is 0.558 bits per heavy atom. The molecule has 0 heteroatoms. The largest absolute Gasteiger partial charge is 0.0683 e. The Labute approximate surface area is 634 Å². The van der Waals surface area contributed by atoms with Gasteiger partial charge < -0.3 is 0 Å². The Balaban J connectivity index is 0.000000227. The van der Waals surface area contributed by atoms with Gasteiger partial charge in [-0.25, -0.2) is 0 Å². The van der Waals surface area contributed by atoms with Crippen LogP contribution >= 0.6 is 0 Å². The van der Waals surface area contributed by atoms with Crippen LogP contribution in [0.3, 0.4) is 0 Å². The normalized spacial score (nSPS) is 11.2. The maximum absolute atomic E-state index is 2.43. The lowest BCUT2D eigenvalue weighted by Crippen LogP contribution is -1.90. The van der Waals surface area contributed by atoms with Gasteiger partial charge in [-0.05, 0) is 242 Å². The molecular formula is C104H128. The predicted molar refractivity (Wildman–Crippen MR) is 468 cm³/mol. The van der Waals surface area contributed by atoms with Gasteiger partial charge >= 0.3 is 0 Å². The van der Waals surface area contributed by atoms with E-state index in [1.54, 1.807) is 11.1 Å². The van der Waals surface area contributed by atoms with Crippen LogP contribution in [0.15, 0.2) is 243 Å². The molecule has 0 radical (unpaired) electrons. The molecule has 0 nitrogen and oxygen atoms in total. The van der Waals surface area contributed by atoms with Gasteiger partial charge in [-0.2, -0.15) is 0 Å². The highest BCUT2D eigenvalue weighted by atomic mass is 14.3. The Morgan fingerprint density at radius 2 is 0.298 bits per heavy atom. The molecule has 0 saturated carbocycles. The topological polar surface area (TPSA) is 0 Å². The summed E-state index contributed by atoms with van der Waals surface area (Å²) in [4.78, 5) is 0. The first-order valence-electron chi connectivity index (χ1n) is 40.9. The van der Waals surface area contributed by atoms with E-state index in [2.05, 4.69) is 243 Å². The van der Waals surface area contributed by atoms with Crippen molar-refractivity contribution in [2.45, 2.75) is 218 Å². The minimum Gasteiger partial charge on any atom is -0.0683 e. The van der Waals surface area contributed by atoms with Crippen LogP contribution in [0, 0.1) is 0 Å². The third-order valence-electron chi connectivity index (χ3n) is 19.0. The number of hydrogen-bond acceptors (Lipinski definition) is 0. The van der Waals surface area contributed by atoms with E-state index in [1.165, 1.54) is 167 Å². The number of hydrogen-bond donors (Lipinski definition) is 0. The molecule has 0 unspecified atom stereocenters. The molecule has 0 amide bonds. The van der Waals surface area contributed by atoms with Crippen LogP contribution in [-0.2, 0) is 51.4 Å². The molecule has 0 aliphatic heterocycles. The van der Waals surface area contributed by atoms with Crippen LogP contribution in [0.4, 0.5) is 0 Å². The zero-order valence-corrected chi connectivity index (χ0v) is 68.8. The van der Waals surface area contributed by atoms with Crippen LogP contribution in [0.25, 0.3) is 89.0 Å². The third kappa shape index (κ3) is 17.7. The van der Waals surface area contributed by atoms with Crippen LogP contribution in [-0.4, -0.2) is 0 Å². The van der Waals surface area contributed by atoms with Crippen molar-refractivity contribution in [3.05, 3.63) is 332 Å². The fraction of sp³-hybridized carbons (Fsp3) is 0.308. The molecule has 12 aromatic rings. The lowest BCUT2D eigenvalue weighted by Gasteiger charge is -2.08. The van der Waals surface area contributed by atoms with Gasteiger partial charge in [-0.15, -0.1) is 0 Å². The Kier molecular flexibility index (Phi) is 36.4. The summed E-state index contributed by atoms with van der Waals surface area (Å²) in [6, 6.07) is 89.5. The highest BCUT2D eigenvalue weighted by molar-refractivity contribution is 5.92. The number of rotatable bonds is 0. The van der Waals surface area contributed by atoms with Gasteiger partial charge in [0.05, 0.1) is 0 Å². The SMILES string of the molecule is CC.CC.CC.CC.CC.CC.CC.CC.CC.CC.CC.CC.c1ccc2c(c1)Cc1c-2ccc2c1-c1ccccc1C2.c1ccc2c(c1)Cc1c-2ccc2c1-c1ccccc1C2.c1ccc2c(c1)Cc1c-2ccc2c1Cc1ccccc1-2.c1ccc2c(c1)Cc1cc3c(cc1-2)Cc1ccccc1-3. The molecule has 0 saturated heterocycles. The summed E-state index contributed by atoms with van der Waals surface area (Å²) in [7, 11) is 0. The van der Waals surface area contributed by atoms with Crippen molar-refractivity contribution in [1.29, 1.82) is 0 Å². The van der Waals surface area contributed by atoms with Gasteiger partial charge in [0.1, 0.15) is 0 Å². The first-order valence-corrected chi connectivity index (χ1v) is 40.9. The maximum atomic E-state index is 2.43. The standard InChI is InChI=1S/4C20H14.12C2H6/c2*1-3-7-16-14(6-1)12-19-18(16)10-9-15-11-13-5-2-4-8-17(13)20(15)19;1-3-7-17-13(5-1)9-15-11-20-16(12-19(15)17)10-14-6-2-4-8-18(14)20;1-3-7-15-13(5-1)11-19-17(15)9-10-18-16-8-4-2-6-14(16)12-20(18)19;12*1-2/h2*1-10H,11-12H2;1-8,11-12H,9-10H2;1-10H,11-12H2;12*1-2H3. The predicted octanol–water partition coefficient (Wildman–Crippen LogP) is 31.6. The van der Waals surface area contributed by atoms with E-state index < -0.39 is 0 Å². The number of fused-ring (bicyclic) bond motifs is 27. The van der Waals surface area contributed by atoms with Gasteiger partial charge in [0.25, 0.3) is 0 Å². The monoisotopic (exact) mass is 1380 g/mol. The second kappa shape index (κ2) is 44.3. The molecular weight excluding hydrogens is 1250 g/mol. The second-order valence-corrected chi connectivity index (χ2v) is 23.2. The molecule has 0 spiro atoms.